The van der Waals surface area contributed by atoms with Crippen LogP contribution in [0.2, 0.25) is 0 Å². The summed E-state index contributed by atoms with van der Waals surface area (Å²) in [6.07, 6.45) is 0.434. The molecule has 4 heteroatoms. The maximum Gasteiger partial charge on any atom is 0.254 e. The van der Waals surface area contributed by atoms with Crippen molar-refractivity contribution < 1.29 is 14.4 Å². The van der Waals surface area contributed by atoms with Crippen molar-refractivity contribution in [2.24, 2.45) is 0 Å². The summed E-state index contributed by atoms with van der Waals surface area (Å²) in [5.41, 5.74) is -0.773. The van der Waals surface area contributed by atoms with Crippen LogP contribution >= 0.6 is 0 Å². The third-order valence-corrected chi connectivity index (χ3v) is 1.35. The van der Waals surface area contributed by atoms with Gasteiger partial charge in [0.15, 0.2) is 0 Å². The van der Waals surface area contributed by atoms with E-state index in [1.54, 1.807) is 19.9 Å². The van der Waals surface area contributed by atoms with E-state index < -0.39 is 5.60 Å². The van der Waals surface area contributed by atoms with E-state index in [0.717, 1.165) is 0 Å². The fourth-order valence-electron chi connectivity index (χ4n) is 0.900. The Labute approximate surface area is 71.1 Å². The summed E-state index contributed by atoms with van der Waals surface area (Å²) in [4.78, 5) is 0. The molecule has 1 rings (SSSR count). The summed E-state index contributed by atoms with van der Waals surface area (Å²) in [6.45, 7) is 3.42. The third kappa shape index (κ3) is 2.54. The number of hydrogen-bond acceptors (Lipinski definition) is 4. The first-order valence-corrected chi connectivity index (χ1v) is 3.73. The Morgan fingerprint density at radius 2 is 2.33 bits per heavy atom. The molecule has 4 nitrogen and oxygen atoms in total. The zero-order valence-corrected chi connectivity index (χ0v) is 7.50. The third-order valence-electron chi connectivity index (χ3n) is 1.35. The van der Waals surface area contributed by atoms with E-state index in [2.05, 4.69) is 5.16 Å². The van der Waals surface area contributed by atoms with Gasteiger partial charge in [-0.05, 0) is 19.0 Å². The Hall–Kier alpha value is -1.03. The predicted octanol–water partition coefficient (Wildman–Crippen LogP) is 0.997. The lowest BCUT2D eigenvalue weighted by atomic mass is 10.0. The average molecular weight is 171 g/mol. The van der Waals surface area contributed by atoms with Gasteiger partial charge in [0.1, 0.15) is 5.76 Å². The number of aromatic nitrogens is 1. The first-order chi connectivity index (χ1) is 5.51. The topological polar surface area (TPSA) is 55.5 Å². The predicted molar refractivity (Wildman–Crippen MR) is 43.1 cm³/mol. The van der Waals surface area contributed by atoms with Crippen molar-refractivity contribution in [1.82, 2.24) is 5.16 Å². The van der Waals surface area contributed by atoms with Gasteiger partial charge in [0.25, 0.3) is 5.88 Å². The number of methoxy groups -OCH3 is 1. The molecule has 0 aliphatic rings. The fraction of sp³-hybridized carbons (Fsp3) is 0.625. The van der Waals surface area contributed by atoms with Crippen LogP contribution in [0, 0.1) is 0 Å². The van der Waals surface area contributed by atoms with Crippen LogP contribution in [-0.2, 0) is 6.42 Å². The second kappa shape index (κ2) is 3.15. The summed E-state index contributed by atoms with van der Waals surface area (Å²) in [7, 11) is 1.52. The molecule has 1 aromatic rings. The molecule has 1 aromatic heterocycles. The van der Waals surface area contributed by atoms with Crippen LogP contribution < -0.4 is 4.74 Å². The SMILES string of the molecule is COc1cc(CC(C)(C)O)on1. The maximum absolute atomic E-state index is 9.42. The van der Waals surface area contributed by atoms with Crippen LogP contribution in [-0.4, -0.2) is 23.0 Å². The fourth-order valence-corrected chi connectivity index (χ4v) is 0.900. The van der Waals surface area contributed by atoms with Gasteiger partial charge in [-0.25, -0.2) is 0 Å². The Morgan fingerprint density at radius 3 is 2.75 bits per heavy atom. The standard InChI is InChI=1S/C8H13NO3/c1-8(2,10)5-6-4-7(11-3)9-12-6/h4,10H,5H2,1-3H3. The Bertz CT molecular complexity index is 249. The lowest BCUT2D eigenvalue weighted by molar-refractivity contribution is 0.0732. The van der Waals surface area contributed by atoms with E-state index in [-0.39, 0.29) is 0 Å². The molecule has 68 valence electrons. The molecule has 0 fully saturated rings. The molecule has 0 saturated heterocycles. The van der Waals surface area contributed by atoms with E-state index in [4.69, 9.17) is 9.26 Å². The van der Waals surface area contributed by atoms with Crippen molar-refractivity contribution in [2.75, 3.05) is 7.11 Å². The molecule has 0 saturated carbocycles. The van der Waals surface area contributed by atoms with Crippen molar-refractivity contribution in [3.8, 4) is 5.88 Å². The van der Waals surface area contributed by atoms with Crippen LogP contribution in [0.1, 0.15) is 19.6 Å². The smallest absolute Gasteiger partial charge is 0.254 e. The highest BCUT2D eigenvalue weighted by Gasteiger charge is 2.17. The van der Waals surface area contributed by atoms with Crippen molar-refractivity contribution in [3.05, 3.63) is 11.8 Å². The van der Waals surface area contributed by atoms with Gasteiger partial charge < -0.3 is 14.4 Å². The van der Waals surface area contributed by atoms with Gasteiger partial charge in [-0.2, -0.15) is 0 Å². The van der Waals surface area contributed by atoms with Gasteiger partial charge in [0.2, 0.25) is 0 Å². The van der Waals surface area contributed by atoms with Crippen molar-refractivity contribution in [2.45, 2.75) is 25.9 Å². The monoisotopic (exact) mass is 171 g/mol. The van der Waals surface area contributed by atoms with Gasteiger partial charge >= 0.3 is 0 Å². The van der Waals surface area contributed by atoms with Crippen LogP contribution in [0.5, 0.6) is 5.88 Å². The van der Waals surface area contributed by atoms with E-state index >= 15 is 0 Å². The molecule has 0 radical (unpaired) electrons. The maximum atomic E-state index is 9.42. The quantitative estimate of drug-likeness (QED) is 0.737. The van der Waals surface area contributed by atoms with Crippen LogP contribution in [0.25, 0.3) is 0 Å². The van der Waals surface area contributed by atoms with Crippen LogP contribution in [0.15, 0.2) is 10.6 Å². The molecule has 0 aliphatic carbocycles. The minimum Gasteiger partial charge on any atom is -0.479 e. The number of rotatable bonds is 3. The number of nitrogens with zero attached hydrogens (tertiary/aromatic N) is 1. The summed E-state index contributed by atoms with van der Waals surface area (Å²) in [5.74, 6) is 1.06. The average Bonchev–Trinajstić information content (AvgIpc) is 2.32. The van der Waals surface area contributed by atoms with Gasteiger partial charge in [-0.3, -0.25) is 0 Å². The molecule has 0 unspecified atom stereocenters. The van der Waals surface area contributed by atoms with Gasteiger partial charge in [-0.1, -0.05) is 0 Å². The highest BCUT2D eigenvalue weighted by atomic mass is 16.5. The Kier molecular flexibility index (Phi) is 2.38. The molecular weight excluding hydrogens is 158 g/mol. The highest BCUT2D eigenvalue weighted by molar-refractivity contribution is 5.12. The van der Waals surface area contributed by atoms with Gasteiger partial charge in [-0.15, -0.1) is 0 Å². The molecule has 0 aliphatic heterocycles. The molecule has 1 N–H and O–H groups in total. The zero-order valence-electron chi connectivity index (χ0n) is 7.50. The number of aliphatic hydroxyl groups is 1. The summed E-state index contributed by atoms with van der Waals surface area (Å²) < 4.78 is 9.72. The molecule has 1 heterocycles. The van der Waals surface area contributed by atoms with E-state index in [1.165, 1.54) is 7.11 Å². The second-order valence-corrected chi connectivity index (χ2v) is 3.32. The second-order valence-electron chi connectivity index (χ2n) is 3.32. The van der Waals surface area contributed by atoms with E-state index in [1.807, 2.05) is 0 Å². The van der Waals surface area contributed by atoms with Gasteiger partial charge in [0, 0.05) is 12.5 Å². The number of ether oxygens (including phenoxy) is 1. The largest absolute Gasteiger partial charge is 0.479 e. The minimum atomic E-state index is -0.773. The van der Waals surface area contributed by atoms with Crippen LogP contribution in [0.4, 0.5) is 0 Å². The molecule has 0 amide bonds. The lowest BCUT2D eigenvalue weighted by Gasteiger charge is -2.13. The van der Waals surface area contributed by atoms with Gasteiger partial charge in [0.05, 0.1) is 12.7 Å². The molecule has 0 bridgehead atoms. The first kappa shape index (κ1) is 9.06. The Balaban J connectivity index is 2.64. The lowest BCUT2D eigenvalue weighted by Crippen LogP contribution is -2.21. The Morgan fingerprint density at radius 1 is 1.67 bits per heavy atom. The molecule has 0 atom stereocenters. The van der Waals surface area contributed by atoms with Crippen molar-refractivity contribution in [3.63, 3.8) is 0 Å². The minimum absolute atomic E-state index is 0.434. The highest BCUT2D eigenvalue weighted by Crippen LogP contribution is 2.16. The summed E-state index contributed by atoms with van der Waals surface area (Å²) >= 11 is 0. The van der Waals surface area contributed by atoms with E-state index in [0.29, 0.717) is 18.1 Å². The normalized spacial score (nSPS) is 11.7. The summed E-state index contributed by atoms with van der Waals surface area (Å²) in [5, 5.41) is 13.0. The molecule has 12 heavy (non-hydrogen) atoms. The molecular formula is C8H13NO3. The van der Waals surface area contributed by atoms with E-state index in [9.17, 15) is 5.11 Å². The molecule has 0 spiro atoms. The first-order valence-electron chi connectivity index (χ1n) is 3.73. The van der Waals surface area contributed by atoms with Crippen molar-refractivity contribution >= 4 is 0 Å². The molecule has 0 aromatic carbocycles. The zero-order chi connectivity index (χ0) is 9.19. The van der Waals surface area contributed by atoms with Crippen LogP contribution in [0.3, 0.4) is 0 Å². The van der Waals surface area contributed by atoms with Crippen molar-refractivity contribution in [1.29, 1.82) is 0 Å². The number of hydrogen-bond donors (Lipinski definition) is 1. The summed E-state index contributed by atoms with van der Waals surface area (Å²) in [6, 6.07) is 1.66.